The molecule has 3 aromatic carbocycles. The molecule has 10 heteroatoms. The molecule has 38 heavy (non-hydrogen) atoms. The molecule has 0 fully saturated rings. The van der Waals surface area contributed by atoms with Crippen molar-refractivity contribution in [2.75, 3.05) is 20.8 Å². The van der Waals surface area contributed by atoms with Crippen LogP contribution in [-0.2, 0) is 24.8 Å². The fourth-order valence-corrected chi connectivity index (χ4v) is 5.49. The third-order valence-electron chi connectivity index (χ3n) is 7.05. The van der Waals surface area contributed by atoms with Gasteiger partial charge in [0.2, 0.25) is 0 Å². The van der Waals surface area contributed by atoms with Gasteiger partial charge in [0.1, 0.15) is 22.5 Å². The van der Waals surface area contributed by atoms with Gasteiger partial charge in [-0.2, -0.15) is 0 Å². The molecule has 0 bridgehead atoms. The minimum Gasteiger partial charge on any atom is -0.495 e. The van der Waals surface area contributed by atoms with Crippen molar-refractivity contribution in [2.45, 2.75) is 25.3 Å². The predicted molar refractivity (Wildman–Crippen MR) is 142 cm³/mol. The molecule has 2 heterocycles. The third kappa shape index (κ3) is 4.65. The van der Waals surface area contributed by atoms with E-state index in [0.29, 0.717) is 47.1 Å². The lowest BCUT2D eigenvalue weighted by Crippen LogP contribution is -2.36. The number of carboxylic acids is 1. The molecule has 1 aliphatic rings. The number of nitrogens with zero attached hydrogens (tertiary/aromatic N) is 4. The van der Waals surface area contributed by atoms with Crippen LogP contribution in [0.3, 0.4) is 0 Å². The van der Waals surface area contributed by atoms with Crippen molar-refractivity contribution in [1.29, 1.82) is 0 Å². The number of carboxylic acid groups (broad SMARTS) is 1. The van der Waals surface area contributed by atoms with E-state index in [4.69, 9.17) is 21.1 Å². The zero-order chi connectivity index (χ0) is 27.0. The zero-order valence-electron chi connectivity index (χ0n) is 21.3. The van der Waals surface area contributed by atoms with Crippen LogP contribution in [0.15, 0.2) is 48.5 Å². The fourth-order valence-electron chi connectivity index (χ4n) is 5.23. The normalized spacial score (nSPS) is 13.7. The number of aryl methyl sites for hydroxylation is 1. The van der Waals surface area contributed by atoms with Gasteiger partial charge in [-0.1, -0.05) is 35.0 Å². The number of hydrogen-bond donors (Lipinski definition) is 1. The highest BCUT2D eigenvalue weighted by Gasteiger charge is 2.28. The van der Waals surface area contributed by atoms with E-state index in [2.05, 4.69) is 10.3 Å². The molecule has 0 saturated heterocycles. The lowest BCUT2D eigenvalue weighted by molar-refractivity contribution is -0.137. The summed E-state index contributed by atoms with van der Waals surface area (Å²) in [6, 6.07) is 14.6. The summed E-state index contributed by atoms with van der Waals surface area (Å²) in [5.41, 5.74) is 5.64. The van der Waals surface area contributed by atoms with E-state index in [9.17, 15) is 14.7 Å². The SMILES string of the molecule is COc1ccc(C(=O)N2CCc3c(cccc3[C@H](CC(=O)O)c3cc(OC)c4c(c3)nnn4C)C2)cc1Cl. The zero-order valence-corrected chi connectivity index (χ0v) is 22.0. The van der Waals surface area contributed by atoms with Gasteiger partial charge >= 0.3 is 5.97 Å². The van der Waals surface area contributed by atoms with Crippen LogP contribution < -0.4 is 9.47 Å². The van der Waals surface area contributed by atoms with Crippen molar-refractivity contribution in [3.8, 4) is 11.5 Å². The van der Waals surface area contributed by atoms with Gasteiger partial charge in [-0.3, -0.25) is 9.59 Å². The van der Waals surface area contributed by atoms with Gasteiger partial charge < -0.3 is 19.5 Å². The first-order valence-corrected chi connectivity index (χ1v) is 12.5. The Labute approximate surface area is 224 Å². The molecule has 9 nitrogen and oxygen atoms in total. The van der Waals surface area contributed by atoms with Crippen LogP contribution in [0.4, 0.5) is 0 Å². The second-order valence-corrected chi connectivity index (χ2v) is 9.67. The summed E-state index contributed by atoms with van der Waals surface area (Å²) in [4.78, 5) is 27.0. The first-order chi connectivity index (χ1) is 18.3. The average Bonchev–Trinajstić information content (AvgIpc) is 3.30. The van der Waals surface area contributed by atoms with E-state index >= 15 is 0 Å². The van der Waals surface area contributed by atoms with Crippen LogP contribution in [0.1, 0.15) is 45.0 Å². The van der Waals surface area contributed by atoms with Gasteiger partial charge in [0.15, 0.2) is 0 Å². The molecular formula is C28H27ClN4O5. The van der Waals surface area contributed by atoms with E-state index in [1.165, 1.54) is 7.11 Å². The Balaban J connectivity index is 1.50. The molecule has 1 aromatic heterocycles. The number of amides is 1. The molecule has 5 rings (SSSR count). The smallest absolute Gasteiger partial charge is 0.304 e. The maximum atomic E-state index is 13.3. The average molecular weight is 535 g/mol. The van der Waals surface area contributed by atoms with Crippen LogP contribution in [0.5, 0.6) is 11.5 Å². The van der Waals surface area contributed by atoms with Crippen LogP contribution in [0.2, 0.25) is 5.02 Å². The van der Waals surface area contributed by atoms with Gasteiger partial charge in [0, 0.05) is 31.6 Å². The highest BCUT2D eigenvalue weighted by atomic mass is 35.5. The Kier molecular flexibility index (Phi) is 6.94. The maximum absolute atomic E-state index is 13.3. The van der Waals surface area contributed by atoms with Crippen molar-refractivity contribution in [3.63, 3.8) is 0 Å². The largest absolute Gasteiger partial charge is 0.495 e. The number of rotatable bonds is 7. The third-order valence-corrected chi connectivity index (χ3v) is 7.35. The summed E-state index contributed by atoms with van der Waals surface area (Å²) < 4.78 is 12.4. The van der Waals surface area contributed by atoms with Gasteiger partial charge in [-0.15, -0.1) is 5.10 Å². The van der Waals surface area contributed by atoms with E-state index in [0.717, 1.165) is 27.8 Å². The van der Waals surface area contributed by atoms with Crippen LogP contribution in [0, 0.1) is 0 Å². The van der Waals surface area contributed by atoms with Crippen molar-refractivity contribution in [2.24, 2.45) is 7.05 Å². The van der Waals surface area contributed by atoms with E-state index in [1.54, 1.807) is 41.9 Å². The lowest BCUT2D eigenvalue weighted by Gasteiger charge is -2.32. The van der Waals surface area contributed by atoms with Crippen LogP contribution in [-0.4, -0.2) is 57.6 Å². The predicted octanol–water partition coefficient (Wildman–Crippen LogP) is 4.44. The summed E-state index contributed by atoms with van der Waals surface area (Å²) in [5.74, 6) is -0.358. The second-order valence-electron chi connectivity index (χ2n) is 9.27. The van der Waals surface area contributed by atoms with Crippen LogP contribution >= 0.6 is 11.6 Å². The van der Waals surface area contributed by atoms with Gasteiger partial charge in [-0.05, 0) is 59.0 Å². The number of aromatic nitrogens is 3. The monoisotopic (exact) mass is 534 g/mol. The van der Waals surface area contributed by atoms with Crippen molar-refractivity contribution in [3.05, 3.63) is 81.4 Å². The quantitative estimate of drug-likeness (QED) is 0.373. The topological polar surface area (TPSA) is 107 Å². The lowest BCUT2D eigenvalue weighted by atomic mass is 9.82. The first-order valence-electron chi connectivity index (χ1n) is 12.1. The number of aliphatic carboxylic acids is 1. The highest BCUT2D eigenvalue weighted by Crippen LogP contribution is 2.38. The number of carbonyl (C=O) groups is 2. The fraction of sp³-hybridized carbons (Fsp3) is 0.286. The molecule has 196 valence electrons. The van der Waals surface area contributed by atoms with Gasteiger partial charge in [0.05, 0.1) is 25.7 Å². The van der Waals surface area contributed by atoms with E-state index in [-0.39, 0.29) is 12.3 Å². The van der Waals surface area contributed by atoms with Crippen molar-refractivity contribution >= 4 is 34.5 Å². The Hall–Kier alpha value is -4.11. The van der Waals surface area contributed by atoms with Crippen molar-refractivity contribution < 1.29 is 24.2 Å². The summed E-state index contributed by atoms with van der Waals surface area (Å²) in [6.07, 6.45) is 0.500. The summed E-state index contributed by atoms with van der Waals surface area (Å²) >= 11 is 6.25. The number of benzene rings is 3. The molecular weight excluding hydrogens is 508 g/mol. The summed E-state index contributed by atoms with van der Waals surface area (Å²) in [7, 11) is 4.89. The standard InChI is InChI=1S/C28H27ClN4O5/c1-32-27-23(30-31-32)12-18(13-25(27)38-3)21(14-26(34)35)20-6-4-5-17-15-33(10-9-19(17)20)28(36)16-7-8-24(37-2)22(29)11-16/h4-8,11-13,21H,9-10,14-15H2,1-3H3,(H,34,35)/t21-/m1/s1. The number of carbonyl (C=O) groups excluding carboxylic acids is 1. The Morgan fingerprint density at radius 3 is 2.61 bits per heavy atom. The maximum Gasteiger partial charge on any atom is 0.304 e. The van der Waals surface area contributed by atoms with E-state index < -0.39 is 11.9 Å². The van der Waals surface area contributed by atoms with Gasteiger partial charge in [-0.25, -0.2) is 4.68 Å². The minimum atomic E-state index is -0.908. The number of fused-ring (bicyclic) bond motifs is 2. The molecule has 0 unspecified atom stereocenters. The summed E-state index contributed by atoms with van der Waals surface area (Å²) in [5, 5.41) is 18.5. The minimum absolute atomic E-state index is 0.0988. The molecule has 0 spiro atoms. The first kappa shape index (κ1) is 25.5. The molecule has 1 atom stereocenters. The highest BCUT2D eigenvalue weighted by molar-refractivity contribution is 6.32. The molecule has 1 N–H and O–H groups in total. The molecule has 0 aliphatic carbocycles. The number of ether oxygens (including phenoxy) is 2. The number of halogens is 1. The Bertz CT molecular complexity index is 1550. The van der Waals surface area contributed by atoms with Crippen molar-refractivity contribution in [1.82, 2.24) is 19.9 Å². The molecule has 1 aliphatic heterocycles. The van der Waals surface area contributed by atoms with E-state index in [1.807, 2.05) is 30.3 Å². The van der Waals surface area contributed by atoms with Crippen LogP contribution in [0.25, 0.3) is 11.0 Å². The molecule has 1 amide bonds. The number of methoxy groups -OCH3 is 2. The Morgan fingerprint density at radius 1 is 1.11 bits per heavy atom. The summed E-state index contributed by atoms with van der Waals surface area (Å²) in [6.45, 7) is 0.913. The molecule has 0 radical (unpaired) electrons. The molecule has 4 aromatic rings. The Morgan fingerprint density at radius 2 is 1.89 bits per heavy atom. The van der Waals surface area contributed by atoms with Gasteiger partial charge in [0.25, 0.3) is 5.91 Å². The molecule has 0 saturated carbocycles. The second kappa shape index (κ2) is 10.3. The number of hydrogen-bond acceptors (Lipinski definition) is 6.